The van der Waals surface area contributed by atoms with Gasteiger partial charge in [0.2, 0.25) is 0 Å². The van der Waals surface area contributed by atoms with Gasteiger partial charge in [-0.1, -0.05) is 35.3 Å². The van der Waals surface area contributed by atoms with Gasteiger partial charge in [-0.05, 0) is 23.8 Å². The monoisotopic (exact) mass is 282 g/mol. The van der Waals surface area contributed by atoms with Crippen LogP contribution in [0.15, 0.2) is 36.4 Å². The third-order valence-electron chi connectivity index (χ3n) is 2.63. The van der Waals surface area contributed by atoms with E-state index < -0.39 is 0 Å². The molecule has 0 unspecified atom stereocenters. The number of hydrogen-bond donors (Lipinski definition) is 0. The van der Waals surface area contributed by atoms with Crippen LogP contribution >= 0.6 is 23.2 Å². The van der Waals surface area contributed by atoms with Gasteiger partial charge in [-0.2, -0.15) is 0 Å². The van der Waals surface area contributed by atoms with Crippen LogP contribution in [0.1, 0.15) is 0 Å². The molecule has 0 amide bonds. The van der Waals surface area contributed by atoms with Crippen molar-refractivity contribution in [2.75, 3.05) is 14.2 Å². The summed E-state index contributed by atoms with van der Waals surface area (Å²) < 4.78 is 10.6. The highest BCUT2D eigenvalue weighted by atomic mass is 35.5. The predicted octanol–water partition coefficient (Wildman–Crippen LogP) is 4.68. The van der Waals surface area contributed by atoms with Crippen molar-refractivity contribution >= 4 is 23.2 Å². The number of halogens is 2. The molecule has 94 valence electrons. The van der Waals surface area contributed by atoms with Gasteiger partial charge in [-0.15, -0.1) is 0 Å². The van der Waals surface area contributed by atoms with Gasteiger partial charge in [0.05, 0.1) is 19.2 Å². The van der Waals surface area contributed by atoms with Crippen LogP contribution in [0.25, 0.3) is 11.1 Å². The van der Waals surface area contributed by atoms with E-state index in [1.54, 1.807) is 20.3 Å². The molecule has 0 aliphatic rings. The Morgan fingerprint density at radius 1 is 0.833 bits per heavy atom. The summed E-state index contributed by atoms with van der Waals surface area (Å²) in [6, 6.07) is 11.1. The molecule has 2 aromatic carbocycles. The summed E-state index contributed by atoms with van der Waals surface area (Å²) in [7, 11) is 3.19. The lowest BCUT2D eigenvalue weighted by atomic mass is 10.0. The van der Waals surface area contributed by atoms with Gasteiger partial charge >= 0.3 is 0 Å². The summed E-state index contributed by atoms with van der Waals surface area (Å²) in [6.07, 6.45) is 0. The SMILES string of the molecule is COc1cc(-c2ccc(Cl)cc2)c(OC)cc1Cl. The van der Waals surface area contributed by atoms with Crippen LogP contribution in [0.4, 0.5) is 0 Å². The highest BCUT2D eigenvalue weighted by molar-refractivity contribution is 6.32. The lowest BCUT2D eigenvalue weighted by Gasteiger charge is -2.12. The standard InChI is InChI=1S/C14H12Cl2O2/c1-17-13-8-12(16)14(18-2)7-11(13)9-3-5-10(15)6-4-9/h3-8H,1-2H3. The van der Waals surface area contributed by atoms with E-state index in [2.05, 4.69) is 0 Å². The highest BCUT2D eigenvalue weighted by Gasteiger charge is 2.11. The van der Waals surface area contributed by atoms with Crippen molar-refractivity contribution in [3.63, 3.8) is 0 Å². The van der Waals surface area contributed by atoms with Crippen molar-refractivity contribution in [3.05, 3.63) is 46.4 Å². The maximum Gasteiger partial charge on any atom is 0.138 e. The van der Waals surface area contributed by atoms with E-state index >= 15 is 0 Å². The van der Waals surface area contributed by atoms with E-state index in [4.69, 9.17) is 32.7 Å². The van der Waals surface area contributed by atoms with Gasteiger partial charge in [0, 0.05) is 16.7 Å². The maximum absolute atomic E-state index is 6.07. The van der Waals surface area contributed by atoms with Crippen molar-refractivity contribution in [1.82, 2.24) is 0 Å². The van der Waals surface area contributed by atoms with Crippen LogP contribution in [-0.2, 0) is 0 Å². The Hall–Kier alpha value is -1.38. The summed E-state index contributed by atoms with van der Waals surface area (Å²) in [5, 5.41) is 1.21. The largest absolute Gasteiger partial charge is 0.496 e. The molecule has 0 heterocycles. The van der Waals surface area contributed by atoms with Gasteiger partial charge in [0.1, 0.15) is 11.5 Å². The van der Waals surface area contributed by atoms with Gasteiger partial charge in [-0.25, -0.2) is 0 Å². The Kier molecular flexibility index (Phi) is 4.00. The Balaban J connectivity index is 2.57. The molecule has 0 atom stereocenters. The molecule has 0 fully saturated rings. The third-order valence-corrected chi connectivity index (χ3v) is 3.18. The van der Waals surface area contributed by atoms with Crippen LogP contribution in [0.2, 0.25) is 10.0 Å². The fourth-order valence-electron chi connectivity index (χ4n) is 1.72. The van der Waals surface area contributed by atoms with Gasteiger partial charge < -0.3 is 9.47 Å². The first kappa shape index (κ1) is 13.1. The zero-order chi connectivity index (χ0) is 13.1. The molecule has 4 heteroatoms. The summed E-state index contributed by atoms with van der Waals surface area (Å²) in [5.41, 5.74) is 1.90. The Morgan fingerprint density at radius 2 is 1.44 bits per heavy atom. The molecule has 2 aromatic rings. The predicted molar refractivity (Wildman–Crippen MR) is 75.0 cm³/mol. The normalized spacial score (nSPS) is 10.2. The first-order chi connectivity index (χ1) is 8.65. The van der Waals surface area contributed by atoms with Crippen LogP contribution in [-0.4, -0.2) is 14.2 Å². The average molecular weight is 283 g/mol. The van der Waals surface area contributed by atoms with Crippen LogP contribution in [0.3, 0.4) is 0 Å². The minimum atomic E-state index is 0.520. The topological polar surface area (TPSA) is 18.5 Å². The van der Waals surface area contributed by atoms with E-state index in [-0.39, 0.29) is 0 Å². The van der Waals surface area contributed by atoms with Crippen LogP contribution in [0, 0.1) is 0 Å². The fraction of sp³-hybridized carbons (Fsp3) is 0.143. The summed E-state index contributed by atoms with van der Waals surface area (Å²) in [6.45, 7) is 0. The minimum absolute atomic E-state index is 0.520. The molecule has 18 heavy (non-hydrogen) atoms. The van der Waals surface area contributed by atoms with Gasteiger partial charge in [0.15, 0.2) is 0 Å². The summed E-state index contributed by atoms with van der Waals surface area (Å²) >= 11 is 11.9. The second-order valence-electron chi connectivity index (χ2n) is 3.69. The molecule has 0 spiro atoms. The second kappa shape index (κ2) is 5.51. The quantitative estimate of drug-likeness (QED) is 0.814. The van der Waals surface area contributed by atoms with Crippen molar-refractivity contribution in [1.29, 1.82) is 0 Å². The molecule has 2 nitrogen and oxygen atoms in total. The molecule has 2 rings (SSSR count). The molecular weight excluding hydrogens is 271 g/mol. The summed E-state index contributed by atoms with van der Waals surface area (Å²) in [5.74, 6) is 1.31. The Bertz CT molecular complexity index is 550. The summed E-state index contributed by atoms with van der Waals surface area (Å²) in [4.78, 5) is 0. The average Bonchev–Trinajstić information content (AvgIpc) is 2.39. The Morgan fingerprint density at radius 3 is 2.00 bits per heavy atom. The van der Waals surface area contributed by atoms with E-state index in [1.165, 1.54) is 0 Å². The fourth-order valence-corrected chi connectivity index (χ4v) is 2.07. The molecule has 0 radical (unpaired) electrons. The van der Waals surface area contributed by atoms with E-state index in [0.29, 0.717) is 21.5 Å². The molecule has 0 aliphatic heterocycles. The van der Waals surface area contributed by atoms with Gasteiger partial charge in [-0.3, -0.25) is 0 Å². The molecule has 0 saturated carbocycles. The molecular formula is C14H12Cl2O2. The molecule has 0 saturated heterocycles. The van der Waals surface area contributed by atoms with E-state index in [0.717, 1.165) is 11.1 Å². The first-order valence-corrected chi connectivity index (χ1v) is 6.08. The zero-order valence-corrected chi connectivity index (χ0v) is 11.5. The van der Waals surface area contributed by atoms with E-state index in [1.807, 2.05) is 30.3 Å². The minimum Gasteiger partial charge on any atom is -0.496 e. The Labute approximate surface area is 116 Å². The van der Waals surface area contributed by atoms with Crippen molar-refractivity contribution in [3.8, 4) is 22.6 Å². The second-order valence-corrected chi connectivity index (χ2v) is 4.54. The van der Waals surface area contributed by atoms with Gasteiger partial charge in [0.25, 0.3) is 0 Å². The van der Waals surface area contributed by atoms with Crippen molar-refractivity contribution < 1.29 is 9.47 Å². The molecule has 0 bridgehead atoms. The maximum atomic E-state index is 6.07. The number of ether oxygens (including phenoxy) is 2. The van der Waals surface area contributed by atoms with Crippen molar-refractivity contribution in [2.24, 2.45) is 0 Å². The number of benzene rings is 2. The van der Waals surface area contributed by atoms with Crippen LogP contribution < -0.4 is 9.47 Å². The number of rotatable bonds is 3. The van der Waals surface area contributed by atoms with Crippen molar-refractivity contribution in [2.45, 2.75) is 0 Å². The highest BCUT2D eigenvalue weighted by Crippen LogP contribution is 2.38. The number of hydrogen-bond acceptors (Lipinski definition) is 2. The lowest BCUT2D eigenvalue weighted by molar-refractivity contribution is 0.404. The molecule has 0 N–H and O–H groups in total. The third kappa shape index (κ3) is 2.55. The van der Waals surface area contributed by atoms with Crippen LogP contribution in [0.5, 0.6) is 11.5 Å². The first-order valence-electron chi connectivity index (χ1n) is 5.33. The zero-order valence-electron chi connectivity index (χ0n) is 10.0. The smallest absolute Gasteiger partial charge is 0.138 e. The molecule has 0 aliphatic carbocycles. The number of methoxy groups -OCH3 is 2. The molecule has 0 aromatic heterocycles. The van der Waals surface area contributed by atoms with E-state index in [9.17, 15) is 0 Å². The lowest BCUT2D eigenvalue weighted by Crippen LogP contribution is -1.91.